The molecule has 0 aliphatic rings. The van der Waals surface area contributed by atoms with Gasteiger partial charge in [0.05, 0.1) is 10.7 Å². The topological polar surface area (TPSA) is 54.0 Å². The van der Waals surface area contributed by atoms with Crippen molar-refractivity contribution < 1.29 is 4.79 Å². The molecule has 0 bridgehead atoms. The van der Waals surface area contributed by atoms with Gasteiger partial charge in [-0.3, -0.25) is 4.79 Å². The first-order chi connectivity index (χ1) is 7.93. The van der Waals surface area contributed by atoms with Crippen LogP contribution in [0.2, 0.25) is 0 Å². The molecule has 5 heteroatoms. The smallest absolute Gasteiger partial charge is 0.221 e. The molecule has 17 heavy (non-hydrogen) atoms. The Morgan fingerprint density at radius 2 is 2.18 bits per heavy atom. The molecule has 0 saturated carbocycles. The fourth-order valence-electron chi connectivity index (χ4n) is 1.28. The van der Waals surface area contributed by atoms with E-state index in [4.69, 9.17) is 0 Å². The monoisotopic (exact) mass is 255 g/mol. The summed E-state index contributed by atoms with van der Waals surface area (Å²) in [5, 5.41) is 9.04. The number of aromatic nitrogens is 1. The van der Waals surface area contributed by atoms with Crippen molar-refractivity contribution in [1.82, 2.24) is 15.6 Å². The van der Waals surface area contributed by atoms with Gasteiger partial charge in [0.1, 0.15) is 0 Å². The number of hydrogen-bond acceptors (Lipinski definition) is 4. The summed E-state index contributed by atoms with van der Waals surface area (Å²) in [6.07, 6.45) is 0.507. The largest absolute Gasteiger partial charge is 0.359 e. The molecule has 1 heterocycles. The molecule has 0 saturated heterocycles. The molecule has 1 aromatic heterocycles. The molecule has 0 unspecified atom stereocenters. The first-order valence-electron chi connectivity index (χ1n) is 5.79. The van der Waals surface area contributed by atoms with Gasteiger partial charge in [0.15, 0.2) is 0 Å². The van der Waals surface area contributed by atoms with Gasteiger partial charge >= 0.3 is 0 Å². The van der Waals surface area contributed by atoms with Crippen molar-refractivity contribution in [3.63, 3.8) is 0 Å². The Labute approximate surface area is 107 Å². The molecular formula is C12H21N3OS. The van der Waals surface area contributed by atoms with Crippen LogP contribution in [-0.2, 0) is 16.8 Å². The fraction of sp³-hybridized carbons (Fsp3) is 0.667. The Hall–Kier alpha value is -0.940. The van der Waals surface area contributed by atoms with E-state index in [1.165, 1.54) is 0 Å². The van der Waals surface area contributed by atoms with Crippen LogP contribution in [0.1, 0.15) is 37.9 Å². The number of nitrogens with zero attached hydrogens (tertiary/aromatic N) is 1. The molecule has 1 rings (SSSR count). The lowest BCUT2D eigenvalue weighted by Crippen LogP contribution is -2.24. The van der Waals surface area contributed by atoms with Crippen LogP contribution in [0.3, 0.4) is 0 Å². The zero-order valence-electron chi connectivity index (χ0n) is 11.0. The number of thiazole rings is 1. The fourth-order valence-corrected chi connectivity index (χ4v) is 2.18. The summed E-state index contributed by atoms with van der Waals surface area (Å²) in [5.74, 6) is 0.0613. The normalized spacial score (nSPS) is 11.5. The van der Waals surface area contributed by atoms with Crippen LogP contribution in [0, 0.1) is 0 Å². The number of nitrogens with one attached hydrogen (secondary N) is 2. The molecule has 4 nitrogen and oxygen atoms in total. The van der Waals surface area contributed by atoms with Crippen LogP contribution in [0.25, 0.3) is 0 Å². The third-order valence-corrected chi connectivity index (χ3v) is 3.62. The van der Waals surface area contributed by atoms with Crippen molar-refractivity contribution in [2.24, 2.45) is 0 Å². The Kier molecular flexibility index (Phi) is 5.08. The minimum Gasteiger partial charge on any atom is -0.359 e. The van der Waals surface area contributed by atoms with Crippen LogP contribution in [-0.4, -0.2) is 24.5 Å². The Bertz CT molecular complexity index is 368. The van der Waals surface area contributed by atoms with Gasteiger partial charge in [-0.05, 0) is 0 Å². The highest BCUT2D eigenvalue weighted by Crippen LogP contribution is 2.25. The van der Waals surface area contributed by atoms with Gasteiger partial charge in [0.2, 0.25) is 5.91 Å². The molecule has 0 atom stereocenters. The van der Waals surface area contributed by atoms with Crippen LogP contribution in [0.5, 0.6) is 0 Å². The first kappa shape index (κ1) is 14.1. The second-order valence-corrected chi connectivity index (χ2v) is 5.85. The zero-order chi connectivity index (χ0) is 12.9. The van der Waals surface area contributed by atoms with Gasteiger partial charge in [-0.2, -0.15) is 0 Å². The van der Waals surface area contributed by atoms with Gasteiger partial charge < -0.3 is 10.6 Å². The van der Waals surface area contributed by atoms with Crippen LogP contribution >= 0.6 is 11.3 Å². The minimum atomic E-state index is 0.0613. The average Bonchev–Trinajstić information content (AvgIpc) is 2.72. The number of hydrogen-bond donors (Lipinski definition) is 2. The van der Waals surface area contributed by atoms with Crippen LogP contribution in [0.4, 0.5) is 0 Å². The van der Waals surface area contributed by atoms with E-state index in [0.29, 0.717) is 13.0 Å². The van der Waals surface area contributed by atoms with Gasteiger partial charge in [0, 0.05) is 37.4 Å². The quantitative estimate of drug-likeness (QED) is 0.787. The number of rotatable bonds is 5. The lowest BCUT2D eigenvalue weighted by molar-refractivity contribution is -0.120. The molecule has 0 spiro atoms. The molecule has 0 radical (unpaired) electrons. The summed E-state index contributed by atoms with van der Waals surface area (Å²) < 4.78 is 0. The highest BCUT2D eigenvalue weighted by molar-refractivity contribution is 7.09. The predicted molar refractivity (Wildman–Crippen MR) is 71.2 cm³/mol. The van der Waals surface area contributed by atoms with E-state index in [-0.39, 0.29) is 11.3 Å². The summed E-state index contributed by atoms with van der Waals surface area (Å²) in [7, 11) is 1.65. The Balaban J connectivity index is 2.33. The van der Waals surface area contributed by atoms with E-state index in [1.54, 1.807) is 18.4 Å². The van der Waals surface area contributed by atoms with Crippen molar-refractivity contribution >= 4 is 17.2 Å². The molecule has 96 valence electrons. The number of carbonyl (C=O) groups is 1. The van der Waals surface area contributed by atoms with Crippen molar-refractivity contribution in [3.05, 3.63) is 16.1 Å². The van der Waals surface area contributed by atoms with E-state index in [2.05, 4.69) is 41.8 Å². The van der Waals surface area contributed by atoms with Crippen molar-refractivity contribution in [1.29, 1.82) is 0 Å². The standard InChI is InChI=1S/C12H21N3OS/c1-12(2,3)11-15-9(8-17-11)7-14-6-5-10(16)13-4/h8,14H,5-7H2,1-4H3,(H,13,16). The number of carbonyl (C=O) groups excluding carboxylic acids is 1. The Morgan fingerprint density at radius 3 is 2.71 bits per heavy atom. The Morgan fingerprint density at radius 1 is 1.47 bits per heavy atom. The number of amides is 1. The van der Waals surface area contributed by atoms with Crippen LogP contribution < -0.4 is 10.6 Å². The van der Waals surface area contributed by atoms with Gasteiger partial charge in [-0.25, -0.2) is 4.98 Å². The van der Waals surface area contributed by atoms with Gasteiger partial charge in [-0.1, -0.05) is 20.8 Å². The second-order valence-electron chi connectivity index (χ2n) is 4.99. The highest BCUT2D eigenvalue weighted by atomic mass is 32.1. The van der Waals surface area contributed by atoms with E-state index in [9.17, 15) is 4.79 Å². The molecule has 2 N–H and O–H groups in total. The lowest BCUT2D eigenvalue weighted by atomic mass is 9.98. The third kappa shape index (κ3) is 4.83. The van der Waals surface area contributed by atoms with E-state index >= 15 is 0 Å². The van der Waals surface area contributed by atoms with Crippen molar-refractivity contribution in [2.45, 2.75) is 39.2 Å². The second kappa shape index (κ2) is 6.12. The zero-order valence-corrected chi connectivity index (χ0v) is 11.8. The van der Waals surface area contributed by atoms with Crippen molar-refractivity contribution in [3.8, 4) is 0 Å². The molecule has 0 aromatic carbocycles. The summed E-state index contributed by atoms with van der Waals surface area (Å²) in [5.41, 5.74) is 1.17. The summed E-state index contributed by atoms with van der Waals surface area (Å²) in [6, 6.07) is 0. The van der Waals surface area contributed by atoms with E-state index < -0.39 is 0 Å². The molecule has 0 fully saturated rings. The van der Waals surface area contributed by atoms with Gasteiger partial charge in [0.25, 0.3) is 0 Å². The minimum absolute atomic E-state index is 0.0613. The lowest BCUT2D eigenvalue weighted by Gasteiger charge is -2.13. The van der Waals surface area contributed by atoms with E-state index in [1.807, 2.05) is 0 Å². The molecule has 1 amide bonds. The average molecular weight is 255 g/mol. The van der Waals surface area contributed by atoms with E-state index in [0.717, 1.165) is 17.2 Å². The maximum Gasteiger partial charge on any atom is 0.221 e. The highest BCUT2D eigenvalue weighted by Gasteiger charge is 2.17. The maximum absolute atomic E-state index is 11.0. The molecule has 0 aliphatic heterocycles. The first-order valence-corrected chi connectivity index (χ1v) is 6.67. The molecule has 1 aromatic rings. The maximum atomic E-state index is 11.0. The third-order valence-electron chi connectivity index (χ3n) is 2.31. The SMILES string of the molecule is CNC(=O)CCNCc1csc(C(C)(C)C)n1. The van der Waals surface area contributed by atoms with Crippen LogP contribution in [0.15, 0.2) is 5.38 Å². The summed E-state index contributed by atoms with van der Waals surface area (Å²) in [6.45, 7) is 7.89. The molecular weight excluding hydrogens is 234 g/mol. The summed E-state index contributed by atoms with van der Waals surface area (Å²) in [4.78, 5) is 15.6. The summed E-state index contributed by atoms with van der Waals surface area (Å²) >= 11 is 1.69. The predicted octanol–water partition coefficient (Wildman–Crippen LogP) is 1.67. The van der Waals surface area contributed by atoms with Crippen molar-refractivity contribution in [2.75, 3.05) is 13.6 Å². The van der Waals surface area contributed by atoms with Gasteiger partial charge in [-0.15, -0.1) is 11.3 Å². The molecule has 0 aliphatic carbocycles.